The van der Waals surface area contributed by atoms with Crippen molar-refractivity contribution in [2.45, 2.75) is 37.7 Å². The monoisotopic (exact) mass is 456 g/mol. The second kappa shape index (κ2) is 10.5. The molecule has 1 heterocycles. The van der Waals surface area contributed by atoms with E-state index in [1.54, 1.807) is 6.07 Å². The van der Waals surface area contributed by atoms with Crippen molar-refractivity contribution in [1.82, 2.24) is 9.80 Å². The summed E-state index contributed by atoms with van der Waals surface area (Å²) in [6.07, 6.45) is 6.31. The zero-order valence-corrected chi connectivity index (χ0v) is 19.7. The molecule has 0 bridgehead atoms. The summed E-state index contributed by atoms with van der Waals surface area (Å²) < 4.78 is 14.7. The van der Waals surface area contributed by atoms with Crippen molar-refractivity contribution in [1.29, 1.82) is 0 Å². The summed E-state index contributed by atoms with van der Waals surface area (Å²) >= 11 is 6.08. The van der Waals surface area contributed by atoms with E-state index in [-0.39, 0.29) is 11.7 Å². The maximum atomic E-state index is 14.7. The Hall–Kier alpha value is -1.72. The first-order valence-electron chi connectivity index (χ1n) is 11.8. The van der Waals surface area contributed by atoms with Crippen LogP contribution in [0.5, 0.6) is 0 Å². The molecule has 0 radical (unpaired) electrons. The smallest absolute Gasteiger partial charge is 0.126 e. The Morgan fingerprint density at radius 1 is 1.06 bits per heavy atom. The molecule has 2 atom stereocenters. The third kappa shape index (κ3) is 5.60. The summed E-state index contributed by atoms with van der Waals surface area (Å²) in [4.78, 5) is 4.82. The van der Waals surface area contributed by atoms with Gasteiger partial charge in [0.2, 0.25) is 0 Å². The van der Waals surface area contributed by atoms with Gasteiger partial charge in [-0.15, -0.1) is 0 Å². The van der Waals surface area contributed by atoms with Crippen LogP contribution >= 0.6 is 11.6 Å². The third-order valence-corrected chi connectivity index (χ3v) is 7.44. The zero-order chi connectivity index (χ0) is 22.6. The van der Waals surface area contributed by atoms with E-state index in [1.807, 2.05) is 36.4 Å². The van der Waals surface area contributed by atoms with Gasteiger partial charge in [0.1, 0.15) is 5.82 Å². The van der Waals surface area contributed by atoms with Crippen molar-refractivity contribution in [3.63, 3.8) is 0 Å². The molecule has 2 aromatic carbocycles. The van der Waals surface area contributed by atoms with Crippen LogP contribution in [0.1, 0.15) is 36.8 Å². The van der Waals surface area contributed by atoms with Gasteiger partial charge in [-0.05, 0) is 61.2 Å². The van der Waals surface area contributed by atoms with E-state index in [0.29, 0.717) is 17.0 Å². The fraction of sp³-hybridized carbons (Fsp3) is 0.481. The van der Waals surface area contributed by atoms with Crippen molar-refractivity contribution >= 4 is 17.7 Å². The number of hydrogen-bond acceptors (Lipinski definition) is 3. The van der Waals surface area contributed by atoms with Gasteiger partial charge in [-0.25, -0.2) is 4.39 Å². The molecule has 2 aliphatic rings. The van der Waals surface area contributed by atoms with E-state index >= 15 is 0 Å². The molecule has 0 amide bonds. The Morgan fingerprint density at radius 2 is 1.78 bits per heavy atom. The van der Waals surface area contributed by atoms with Crippen LogP contribution < -0.4 is 0 Å². The lowest BCUT2D eigenvalue weighted by molar-refractivity contribution is -0.00697. The first-order valence-corrected chi connectivity index (χ1v) is 12.1. The molecule has 1 saturated heterocycles. The zero-order valence-electron chi connectivity index (χ0n) is 18.9. The largest absolute Gasteiger partial charge is 0.385 e. The normalized spacial score (nSPS) is 26.9. The average molecular weight is 457 g/mol. The number of halogens is 2. The first-order chi connectivity index (χ1) is 15.4. The van der Waals surface area contributed by atoms with Crippen LogP contribution in [0.15, 0.2) is 54.1 Å². The molecule has 0 aromatic heterocycles. The van der Waals surface area contributed by atoms with Crippen LogP contribution in [-0.4, -0.2) is 60.3 Å². The molecule has 4 rings (SSSR count). The molecule has 5 heteroatoms. The molecule has 2 unspecified atom stereocenters. The molecular formula is C27H34ClFN2O. The molecule has 2 aromatic rings. The fourth-order valence-electron chi connectivity index (χ4n) is 5.16. The Balaban J connectivity index is 1.69. The van der Waals surface area contributed by atoms with Gasteiger partial charge in [0.25, 0.3) is 0 Å². The molecular weight excluding hydrogens is 423 g/mol. The minimum atomic E-state index is -1.08. The van der Waals surface area contributed by atoms with Crippen LogP contribution in [-0.2, 0) is 6.42 Å². The molecule has 1 N–H and O–H groups in total. The lowest BCUT2D eigenvalue weighted by Gasteiger charge is -2.42. The molecule has 1 aliphatic heterocycles. The molecule has 1 saturated carbocycles. The van der Waals surface area contributed by atoms with Gasteiger partial charge in [0.05, 0.1) is 5.60 Å². The summed E-state index contributed by atoms with van der Waals surface area (Å²) in [6.45, 7) is 4.96. The van der Waals surface area contributed by atoms with Crippen LogP contribution in [0.25, 0.3) is 6.08 Å². The van der Waals surface area contributed by atoms with Crippen molar-refractivity contribution in [3.05, 3.63) is 76.1 Å². The summed E-state index contributed by atoms with van der Waals surface area (Å²) in [5, 5.41) is 13.0. The van der Waals surface area contributed by atoms with Gasteiger partial charge < -0.3 is 14.9 Å². The number of aliphatic hydroxyl groups is 1. The van der Waals surface area contributed by atoms with Gasteiger partial charge in [-0.3, -0.25) is 0 Å². The van der Waals surface area contributed by atoms with Crippen LogP contribution in [0.2, 0.25) is 5.02 Å². The number of rotatable bonds is 5. The highest BCUT2D eigenvalue weighted by atomic mass is 35.5. The molecule has 1 aliphatic carbocycles. The minimum Gasteiger partial charge on any atom is -0.385 e. The summed E-state index contributed by atoms with van der Waals surface area (Å²) in [5.74, 6) is -0.180. The predicted octanol–water partition coefficient (Wildman–Crippen LogP) is 5.27. The fourth-order valence-corrected chi connectivity index (χ4v) is 5.28. The maximum Gasteiger partial charge on any atom is 0.126 e. The Labute approximate surface area is 196 Å². The number of benzene rings is 2. The minimum absolute atomic E-state index is 0.0616. The highest BCUT2D eigenvalue weighted by Crippen LogP contribution is 2.41. The molecule has 0 spiro atoms. The van der Waals surface area contributed by atoms with E-state index in [0.717, 1.165) is 69.5 Å². The molecule has 2 fully saturated rings. The van der Waals surface area contributed by atoms with Crippen molar-refractivity contribution < 1.29 is 9.50 Å². The maximum absolute atomic E-state index is 14.7. The number of piperazine rings is 1. The van der Waals surface area contributed by atoms with Gasteiger partial charge in [0.15, 0.2) is 0 Å². The highest BCUT2D eigenvalue weighted by molar-refractivity contribution is 6.30. The summed E-state index contributed by atoms with van der Waals surface area (Å²) in [7, 11) is 2.16. The van der Waals surface area contributed by atoms with Crippen LogP contribution in [0.4, 0.5) is 4.39 Å². The van der Waals surface area contributed by atoms with Gasteiger partial charge >= 0.3 is 0 Å². The van der Waals surface area contributed by atoms with Crippen LogP contribution in [0.3, 0.4) is 0 Å². The number of likely N-dealkylation sites (N-methyl/N-ethyl adjacent to an activating group) is 1. The van der Waals surface area contributed by atoms with E-state index < -0.39 is 5.60 Å². The van der Waals surface area contributed by atoms with Crippen molar-refractivity contribution in [3.8, 4) is 0 Å². The molecule has 3 nitrogen and oxygen atoms in total. The van der Waals surface area contributed by atoms with Crippen LogP contribution in [0, 0.1) is 11.7 Å². The first kappa shape index (κ1) is 23.4. The van der Waals surface area contributed by atoms with Crippen molar-refractivity contribution in [2.75, 3.05) is 39.8 Å². The number of nitrogens with zero attached hydrogens (tertiary/aromatic N) is 2. The second-order valence-corrected chi connectivity index (χ2v) is 9.90. The Bertz CT molecular complexity index is 924. The summed E-state index contributed by atoms with van der Waals surface area (Å²) in [6, 6.07) is 14.6. The highest BCUT2D eigenvalue weighted by Gasteiger charge is 2.42. The standard InChI is InChI=1S/C27H34ClFN2O/c1-30-14-16-31(17-15-30)20-24-8-4-3-7-23(18-21-10-12-25(28)13-11-21)27(24,32)19-22-6-2-5-9-26(22)29/h2,5-6,9-13,18,24,32H,3-4,7-8,14-17,19-20H2,1H3/b23-18-. The van der Waals surface area contributed by atoms with Gasteiger partial charge in [0, 0.05) is 50.1 Å². The van der Waals surface area contributed by atoms with Gasteiger partial charge in [-0.1, -0.05) is 54.4 Å². The lowest BCUT2D eigenvalue weighted by Crippen LogP contribution is -2.51. The van der Waals surface area contributed by atoms with Crippen molar-refractivity contribution in [2.24, 2.45) is 5.92 Å². The lowest BCUT2D eigenvalue weighted by atomic mass is 9.74. The number of hydrogen-bond donors (Lipinski definition) is 1. The molecule has 32 heavy (non-hydrogen) atoms. The average Bonchev–Trinajstić information content (AvgIpc) is 2.92. The SMILES string of the molecule is CN1CCN(CC2CCCC/C(=C/c3ccc(Cl)cc3)C2(O)Cc2ccccc2F)CC1. The quantitative estimate of drug-likeness (QED) is 0.620. The van der Waals surface area contributed by atoms with E-state index in [1.165, 1.54) is 6.07 Å². The summed E-state index contributed by atoms with van der Waals surface area (Å²) in [5.41, 5.74) is 1.54. The predicted molar refractivity (Wildman–Crippen MR) is 130 cm³/mol. The van der Waals surface area contributed by atoms with E-state index in [9.17, 15) is 9.50 Å². The van der Waals surface area contributed by atoms with E-state index in [2.05, 4.69) is 22.9 Å². The molecule has 172 valence electrons. The Morgan fingerprint density at radius 3 is 2.50 bits per heavy atom. The third-order valence-electron chi connectivity index (χ3n) is 7.18. The second-order valence-electron chi connectivity index (χ2n) is 9.46. The van der Waals surface area contributed by atoms with E-state index in [4.69, 9.17) is 11.6 Å². The Kier molecular flexibility index (Phi) is 7.67. The topological polar surface area (TPSA) is 26.7 Å². The van der Waals surface area contributed by atoms with Gasteiger partial charge in [-0.2, -0.15) is 0 Å².